The first-order chi connectivity index (χ1) is 6.24. The van der Waals surface area contributed by atoms with Crippen LogP contribution in [0.25, 0.3) is 0 Å². The van der Waals surface area contributed by atoms with Crippen LogP contribution < -0.4 is 5.32 Å². The predicted molar refractivity (Wildman–Crippen MR) is 52.9 cm³/mol. The van der Waals surface area contributed by atoms with Crippen molar-refractivity contribution in [3.05, 3.63) is 17.0 Å². The minimum atomic E-state index is 0.689. The summed E-state index contributed by atoms with van der Waals surface area (Å²) in [5, 5.41) is 7.76. The van der Waals surface area contributed by atoms with Gasteiger partial charge < -0.3 is 5.32 Å². The Morgan fingerprint density at radius 1 is 1.62 bits per heavy atom. The van der Waals surface area contributed by atoms with E-state index in [-0.39, 0.29) is 0 Å². The van der Waals surface area contributed by atoms with Crippen molar-refractivity contribution in [2.45, 2.75) is 25.7 Å². The first kappa shape index (κ1) is 8.75. The summed E-state index contributed by atoms with van der Waals surface area (Å²) in [6.45, 7) is 3.25. The van der Waals surface area contributed by atoms with Crippen molar-refractivity contribution in [2.24, 2.45) is 7.05 Å². The third-order valence-electron chi connectivity index (χ3n) is 3.05. The Morgan fingerprint density at radius 2 is 2.38 bits per heavy atom. The highest BCUT2D eigenvalue weighted by Crippen LogP contribution is 2.33. The van der Waals surface area contributed by atoms with Crippen molar-refractivity contribution >= 4 is 0 Å². The van der Waals surface area contributed by atoms with Gasteiger partial charge in [-0.1, -0.05) is 0 Å². The molecule has 0 fully saturated rings. The molecule has 1 unspecified atom stereocenters. The molecule has 0 aliphatic heterocycles. The molecule has 0 radical (unpaired) electrons. The highest BCUT2D eigenvalue weighted by atomic mass is 15.3. The highest BCUT2D eigenvalue weighted by molar-refractivity contribution is 5.34. The molecule has 1 aromatic heterocycles. The molecular formula is C10H17N3. The summed E-state index contributed by atoms with van der Waals surface area (Å²) in [4.78, 5) is 0. The van der Waals surface area contributed by atoms with Gasteiger partial charge in [0.25, 0.3) is 0 Å². The van der Waals surface area contributed by atoms with Crippen LogP contribution in [0.15, 0.2) is 0 Å². The van der Waals surface area contributed by atoms with Crippen LogP contribution in [0.1, 0.15) is 29.3 Å². The SMILES string of the molecule is CNCC1CCc2nn(C)c(C)c21. The number of rotatable bonds is 2. The maximum atomic E-state index is 4.51. The molecule has 3 nitrogen and oxygen atoms in total. The Balaban J connectivity index is 2.34. The largest absolute Gasteiger partial charge is 0.319 e. The lowest BCUT2D eigenvalue weighted by Crippen LogP contribution is -2.15. The number of likely N-dealkylation sites (N-methyl/N-ethyl adjacent to an activating group) is 1. The molecule has 1 N–H and O–H groups in total. The van der Waals surface area contributed by atoms with Crippen molar-refractivity contribution in [1.82, 2.24) is 15.1 Å². The van der Waals surface area contributed by atoms with Crippen molar-refractivity contribution in [3.8, 4) is 0 Å². The van der Waals surface area contributed by atoms with Crippen LogP contribution >= 0.6 is 0 Å². The van der Waals surface area contributed by atoms with Crippen LogP contribution in [0.3, 0.4) is 0 Å². The molecule has 1 aliphatic carbocycles. The molecule has 1 atom stereocenters. The number of nitrogens with one attached hydrogen (secondary N) is 1. The van der Waals surface area contributed by atoms with Gasteiger partial charge in [0.05, 0.1) is 5.69 Å². The second-order valence-corrected chi connectivity index (χ2v) is 3.86. The summed E-state index contributed by atoms with van der Waals surface area (Å²) in [6.07, 6.45) is 2.42. The number of nitrogens with zero attached hydrogens (tertiary/aromatic N) is 2. The van der Waals surface area contributed by atoms with Crippen LogP contribution in [0.5, 0.6) is 0 Å². The van der Waals surface area contributed by atoms with Crippen molar-refractivity contribution in [1.29, 1.82) is 0 Å². The van der Waals surface area contributed by atoms with Crippen LogP contribution in [0, 0.1) is 6.92 Å². The summed E-state index contributed by atoms with van der Waals surface area (Å²) in [5.74, 6) is 0.689. The molecule has 0 spiro atoms. The zero-order chi connectivity index (χ0) is 9.42. The monoisotopic (exact) mass is 179 g/mol. The molecule has 0 bridgehead atoms. The second kappa shape index (κ2) is 3.14. The van der Waals surface area contributed by atoms with Crippen LogP contribution in [0.2, 0.25) is 0 Å². The van der Waals surface area contributed by atoms with Gasteiger partial charge in [-0.25, -0.2) is 0 Å². The average molecular weight is 179 g/mol. The molecule has 13 heavy (non-hydrogen) atoms. The highest BCUT2D eigenvalue weighted by Gasteiger charge is 2.27. The van der Waals surface area contributed by atoms with Gasteiger partial charge in [-0.2, -0.15) is 5.10 Å². The maximum absolute atomic E-state index is 4.51. The Morgan fingerprint density at radius 3 is 3.08 bits per heavy atom. The van der Waals surface area contributed by atoms with Crippen LogP contribution in [-0.4, -0.2) is 23.4 Å². The molecule has 2 rings (SSSR count). The first-order valence-corrected chi connectivity index (χ1v) is 4.91. The summed E-state index contributed by atoms with van der Waals surface area (Å²) in [5.41, 5.74) is 4.16. The van der Waals surface area contributed by atoms with Crippen molar-refractivity contribution in [2.75, 3.05) is 13.6 Å². The molecule has 72 valence electrons. The van der Waals surface area contributed by atoms with Crippen molar-refractivity contribution in [3.63, 3.8) is 0 Å². The number of aromatic nitrogens is 2. The van der Waals surface area contributed by atoms with E-state index in [1.54, 1.807) is 0 Å². The second-order valence-electron chi connectivity index (χ2n) is 3.86. The van der Waals surface area contributed by atoms with Crippen LogP contribution in [0.4, 0.5) is 0 Å². The molecule has 0 saturated heterocycles. The topological polar surface area (TPSA) is 29.9 Å². The Hall–Kier alpha value is -0.830. The van der Waals surface area contributed by atoms with Crippen LogP contribution in [-0.2, 0) is 13.5 Å². The van der Waals surface area contributed by atoms with Gasteiger partial charge in [-0.05, 0) is 26.8 Å². The maximum Gasteiger partial charge on any atom is 0.0662 e. The summed E-state index contributed by atoms with van der Waals surface area (Å²) in [6, 6.07) is 0. The van der Waals surface area contributed by atoms with E-state index >= 15 is 0 Å². The lowest BCUT2D eigenvalue weighted by atomic mass is 10.0. The molecular weight excluding hydrogens is 162 g/mol. The Bertz CT molecular complexity index is 314. The standard InChI is InChI=1S/C10H17N3/c1-7-10-8(6-11-2)4-5-9(10)12-13(7)3/h8,11H,4-6H2,1-3H3. The van der Waals surface area contributed by atoms with E-state index in [0.717, 1.165) is 13.0 Å². The summed E-state index contributed by atoms with van der Waals surface area (Å²) in [7, 11) is 4.05. The smallest absolute Gasteiger partial charge is 0.0662 e. The lowest BCUT2D eigenvalue weighted by Gasteiger charge is -2.10. The van der Waals surface area contributed by atoms with Gasteiger partial charge in [0.1, 0.15) is 0 Å². The van der Waals surface area contributed by atoms with Gasteiger partial charge in [0.2, 0.25) is 0 Å². The number of hydrogen-bond donors (Lipinski definition) is 1. The van der Waals surface area contributed by atoms with E-state index in [1.807, 2.05) is 18.8 Å². The molecule has 1 heterocycles. The van der Waals surface area contributed by atoms with Gasteiger partial charge in [0, 0.05) is 30.8 Å². The van der Waals surface area contributed by atoms with Gasteiger partial charge >= 0.3 is 0 Å². The molecule has 0 saturated carbocycles. The Kier molecular flexibility index (Phi) is 2.12. The lowest BCUT2D eigenvalue weighted by molar-refractivity contribution is 0.603. The van der Waals surface area contributed by atoms with Crippen molar-refractivity contribution < 1.29 is 0 Å². The minimum absolute atomic E-state index is 0.689. The molecule has 0 aromatic carbocycles. The van der Waals surface area contributed by atoms with Gasteiger partial charge in [-0.15, -0.1) is 0 Å². The molecule has 3 heteroatoms. The molecule has 1 aromatic rings. The third kappa shape index (κ3) is 1.27. The van der Waals surface area contributed by atoms with E-state index in [2.05, 4.69) is 17.3 Å². The number of hydrogen-bond acceptors (Lipinski definition) is 2. The normalized spacial score (nSPS) is 20.7. The van der Waals surface area contributed by atoms with Gasteiger partial charge in [-0.3, -0.25) is 4.68 Å². The average Bonchev–Trinajstić information content (AvgIpc) is 2.58. The molecule has 1 aliphatic rings. The summed E-state index contributed by atoms with van der Waals surface area (Å²) < 4.78 is 2.01. The zero-order valence-corrected chi connectivity index (χ0v) is 8.59. The van der Waals surface area contributed by atoms with E-state index in [9.17, 15) is 0 Å². The fourth-order valence-corrected chi connectivity index (χ4v) is 2.31. The first-order valence-electron chi connectivity index (χ1n) is 4.91. The van der Waals surface area contributed by atoms with E-state index < -0.39 is 0 Å². The predicted octanol–water partition coefficient (Wildman–Crippen LogP) is 0.978. The zero-order valence-electron chi connectivity index (χ0n) is 8.59. The number of fused-ring (bicyclic) bond motifs is 1. The fourth-order valence-electron chi connectivity index (χ4n) is 2.31. The third-order valence-corrected chi connectivity index (χ3v) is 3.05. The molecule has 0 amide bonds. The van der Waals surface area contributed by atoms with E-state index in [1.165, 1.54) is 23.4 Å². The number of aryl methyl sites for hydroxylation is 2. The fraction of sp³-hybridized carbons (Fsp3) is 0.700. The summed E-state index contributed by atoms with van der Waals surface area (Å²) >= 11 is 0. The van der Waals surface area contributed by atoms with Gasteiger partial charge in [0.15, 0.2) is 0 Å². The minimum Gasteiger partial charge on any atom is -0.319 e. The Labute approximate surface area is 79.1 Å². The van der Waals surface area contributed by atoms with E-state index in [4.69, 9.17) is 0 Å². The quantitative estimate of drug-likeness (QED) is 0.733. The van der Waals surface area contributed by atoms with E-state index in [0.29, 0.717) is 5.92 Å².